The topological polar surface area (TPSA) is 55.4 Å². The average molecular weight is 302 g/mol. The predicted octanol–water partition coefficient (Wildman–Crippen LogP) is 1.81. The molecular weight excluding hydrogens is 276 g/mol. The summed E-state index contributed by atoms with van der Waals surface area (Å²) < 4.78 is 35.5. The van der Waals surface area contributed by atoms with Crippen LogP contribution in [0.5, 0.6) is 0 Å². The Hall–Kier alpha value is -0.240. The Labute approximate surface area is 126 Å². The molecule has 3 saturated heterocycles. The first-order chi connectivity index (χ1) is 9.81. The van der Waals surface area contributed by atoms with Crippen LogP contribution in [0.4, 0.5) is 0 Å². The van der Waals surface area contributed by atoms with Gasteiger partial charge in [0.25, 0.3) is 0 Å². The summed E-state index contributed by atoms with van der Waals surface area (Å²) in [7, 11) is 0. The fraction of sp³-hybridized carbons (Fsp3) is 1.00. The van der Waals surface area contributed by atoms with Crippen LogP contribution in [0.3, 0.4) is 0 Å². The number of hydrogen-bond acceptors (Lipinski definition) is 6. The molecule has 3 aliphatic rings. The van der Waals surface area contributed by atoms with E-state index in [-0.39, 0.29) is 24.4 Å². The third kappa shape index (κ3) is 3.11. The Morgan fingerprint density at radius 3 is 2.19 bits per heavy atom. The Bertz CT molecular complexity index is 382. The van der Waals surface area contributed by atoms with E-state index in [9.17, 15) is 0 Å². The normalized spacial score (nSPS) is 43.6. The first-order valence-electron chi connectivity index (χ1n) is 7.76. The Morgan fingerprint density at radius 1 is 0.857 bits per heavy atom. The summed E-state index contributed by atoms with van der Waals surface area (Å²) in [5.74, 6) is -1.32. The molecule has 0 aromatic carbocycles. The monoisotopic (exact) mass is 302 g/mol. The Morgan fingerprint density at radius 2 is 1.48 bits per heavy atom. The average Bonchev–Trinajstić information content (AvgIpc) is 2.84. The summed E-state index contributed by atoms with van der Waals surface area (Å²) in [5.41, 5.74) is 0. The summed E-state index contributed by atoms with van der Waals surface area (Å²) >= 11 is 0. The molecule has 0 saturated carbocycles. The largest absolute Gasteiger partial charge is 0.379 e. The van der Waals surface area contributed by atoms with Gasteiger partial charge in [-0.2, -0.15) is 0 Å². The van der Waals surface area contributed by atoms with Gasteiger partial charge >= 0.3 is 0 Å². The molecule has 0 aliphatic carbocycles. The van der Waals surface area contributed by atoms with Gasteiger partial charge in [-0.1, -0.05) is 6.92 Å². The maximum absolute atomic E-state index is 6.03. The van der Waals surface area contributed by atoms with Gasteiger partial charge in [0.2, 0.25) is 0 Å². The lowest BCUT2D eigenvalue weighted by Crippen LogP contribution is -2.56. The minimum absolute atomic E-state index is 0.198. The lowest BCUT2D eigenvalue weighted by Gasteiger charge is -2.37. The van der Waals surface area contributed by atoms with Gasteiger partial charge in [-0.15, -0.1) is 0 Å². The molecule has 0 N–H and O–H groups in total. The van der Waals surface area contributed by atoms with Crippen molar-refractivity contribution in [2.24, 2.45) is 0 Å². The zero-order chi connectivity index (χ0) is 15.3. The van der Waals surface area contributed by atoms with E-state index < -0.39 is 17.9 Å². The van der Waals surface area contributed by atoms with E-state index in [1.54, 1.807) is 0 Å². The summed E-state index contributed by atoms with van der Waals surface area (Å²) in [6.07, 6.45) is -0.334. The van der Waals surface area contributed by atoms with Crippen LogP contribution in [0.15, 0.2) is 0 Å². The molecule has 0 aromatic heterocycles. The first kappa shape index (κ1) is 15.6. The summed E-state index contributed by atoms with van der Waals surface area (Å²) in [5, 5.41) is 0. The Kier molecular flexibility index (Phi) is 4.05. The van der Waals surface area contributed by atoms with Crippen LogP contribution in [0.2, 0.25) is 0 Å². The number of rotatable bonds is 4. The van der Waals surface area contributed by atoms with Gasteiger partial charge in [0.05, 0.1) is 6.61 Å². The lowest BCUT2D eigenvalue weighted by atomic mass is 9.99. The predicted molar refractivity (Wildman–Crippen MR) is 73.6 cm³/mol. The molecule has 0 bridgehead atoms. The van der Waals surface area contributed by atoms with Crippen molar-refractivity contribution in [2.45, 2.75) is 83.3 Å². The summed E-state index contributed by atoms with van der Waals surface area (Å²) in [6, 6.07) is 0. The zero-order valence-corrected chi connectivity index (χ0v) is 13.5. The van der Waals surface area contributed by atoms with Gasteiger partial charge in [0, 0.05) is 6.61 Å². The summed E-state index contributed by atoms with van der Waals surface area (Å²) in [6.45, 7) is 10.8. The van der Waals surface area contributed by atoms with Crippen LogP contribution < -0.4 is 0 Å². The van der Waals surface area contributed by atoms with Crippen molar-refractivity contribution in [3.8, 4) is 0 Å². The van der Waals surface area contributed by atoms with E-state index in [1.807, 2.05) is 27.7 Å². The molecule has 3 heterocycles. The van der Waals surface area contributed by atoms with Crippen molar-refractivity contribution in [3.05, 3.63) is 0 Å². The van der Waals surface area contributed by atoms with Gasteiger partial charge in [0.15, 0.2) is 17.9 Å². The van der Waals surface area contributed by atoms with Crippen molar-refractivity contribution in [1.29, 1.82) is 0 Å². The second kappa shape index (κ2) is 5.44. The number of fused-ring (bicyclic) bond motifs is 3. The van der Waals surface area contributed by atoms with E-state index in [2.05, 4.69) is 6.92 Å². The first-order valence-corrected chi connectivity index (χ1v) is 7.76. The minimum atomic E-state index is -0.671. The molecule has 122 valence electrons. The number of ether oxygens (including phenoxy) is 6. The summed E-state index contributed by atoms with van der Waals surface area (Å²) in [4.78, 5) is 0. The number of hydrogen-bond donors (Lipinski definition) is 0. The molecular formula is C15H26O6. The molecule has 0 radical (unpaired) electrons. The smallest absolute Gasteiger partial charge is 0.190 e. The van der Waals surface area contributed by atoms with Crippen molar-refractivity contribution >= 4 is 0 Å². The zero-order valence-electron chi connectivity index (χ0n) is 13.5. The van der Waals surface area contributed by atoms with Crippen LogP contribution in [0, 0.1) is 0 Å². The van der Waals surface area contributed by atoms with Gasteiger partial charge < -0.3 is 28.4 Å². The van der Waals surface area contributed by atoms with E-state index in [4.69, 9.17) is 28.4 Å². The molecule has 1 unspecified atom stereocenters. The molecule has 6 nitrogen and oxygen atoms in total. The molecule has 0 aromatic rings. The highest BCUT2D eigenvalue weighted by atomic mass is 16.9. The van der Waals surface area contributed by atoms with Gasteiger partial charge in [-0.25, -0.2) is 0 Å². The highest BCUT2D eigenvalue weighted by Gasteiger charge is 2.60. The van der Waals surface area contributed by atoms with E-state index in [0.29, 0.717) is 13.2 Å². The van der Waals surface area contributed by atoms with Gasteiger partial charge in [-0.05, 0) is 34.1 Å². The second-order valence-corrected chi connectivity index (χ2v) is 6.78. The Balaban J connectivity index is 1.75. The molecule has 21 heavy (non-hydrogen) atoms. The molecule has 6 heteroatoms. The molecule has 3 rings (SSSR count). The van der Waals surface area contributed by atoms with Gasteiger partial charge in [-0.3, -0.25) is 0 Å². The van der Waals surface area contributed by atoms with Gasteiger partial charge in [0.1, 0.15) is 24.4 Å². The molecule has 0 amide bonds. The fourth-order valence-corrected chi connectivity index (χ4v) is 3.17. The third-order valence-corrected chi connectivity index (χ3v) is 3.88. The molecule has 5 atom stereocenters. The fourth-order valence-electron chi connectivity index (χ4n) is 3.17. The maximum atomic E-state index is 6.03. The van der Waals surface area contributed by atoms with Crippen LogP contribution in [0.25, 0.3) is 0 Å². The van der Waals surface area contributed by atoms with Crippen LogP contribution >= 0.6 is 0 Å². The van der Waals surface area contributed by atoms with Crippen molar-refractivity contribution in [1.82, 2.24) is 0 Å². The maximum Gasteiger partial charge on any atom is 0.190 e. The van der Waals surface area contributed by atoms with Crippen molar-refractivity contribution < 1.29 is 28.4 Å². The highest BCUT2D eigenvalue weighted by Crippen LogP contribution is 2.44. The lowest BCUT2D eigenvalue weighted by molar-refractivity contribution is -0.243. The van der Waals surface area contributed by atoms with Crippen molar-refractivity contribution in [3.63, 3.8) is 0 Å². The van der Waals surface area contributed by atoms with Crippen molar-refractivity contribution in [2.75, 3.05) is 13.2 Å². The van der Waals surface area contributed by atoms with Crippen LogP contribution in [-0.2, 0) is 28.4 Å². The molecule has 3 aliphatic heterocycles. The highest BCUT2D eigenvalue weighted by molar-refractivity contribution is 4.99. The minimum Gasteiger partial charge on any atom is -0.379 e. The van der Waals surface area contributed by atoms with E-state index in [0.717, 1.165) is 6.42 Å². The third-order valence-electron chi connectivity index (χ3n) is 3.88. The van der Waals surface area contributed by atoms with E-state index in [1.165, 1.54) is 0 Å². The van der Waals surface area contributed by atoms with Crippen LogP contribution in [0.1, 0.15) is 41.0 Å². The second-order valence-electron chi connectivity index (χ2n) is 6.78. The molecule has 0 spiro atoms. The SMILES string of the molecule is CCCOCC1O[C@@H]2OC(C)(C)O[C@@H]2[C@H]2OC(C)(C)O[C@@H]12. The quantitative estimate of drug-likeness (QED) is 0.738. The van der Waals surface area contributed by atoms with E-state index >= 15 is 0 Å². The van der Waals surface area contributed by atoms with Crippen LogP contribution in [-0.4, -0.2) is 55.5 Å². The standard InChI is InChI=1S/C15H26O6/c1-6-7-16-8-9-10-11(19-14(2,3)18-10)12-13(17-9)21-15(4,5)20-12/h9-13H,6-8H2,1-5H3/t9?,10-,11-,12+,13+/m0/s1. The molecule has 3 fully saturated rings.